The van der Waals surface area contributed by atoms with Crippen LogP contribution in [0.4, 0.5) is 0 Å². The maximum absolute atomic E-state index is 11.5. The molecule has 12 heavy (non-hydrogen) atoms. The topological polar surface area (TPSA) is 41.1 Å². The molecule has 2 fully saturated rings. The summed E-state index contributed by atoms with van der Waals surface area (Å²) in [5, 5.41) is 6.21. The third-order valence-electron chi connectivity index (χ3n) is 3.18. The van der Waals surface area contributed by atoms with Gasteiger partial charge in [0.1, 0.15) is 0 Å². The van der Waals surface area contributed by atoms with Crippen molar-refractivity contribution in [3.63, 3.8) is 0 Å². The highest BCUT2D eigenvalue weighted by Gasteiger charge is 2.37. The molecule has 1 amide bonds. The summed E-state index contributed by atoms with van der Waals surface area (Å²) in [6.07, 6.45) is 2.30. The number of carbonyl (C=O) groups is 1. The fourth-order valence-electron chi connectivity index (χ4n) is 2.37. The van der Waals surface area contributed by atoms with E-state index in [0.29, 0.717) is 11.8 Å². The Morgan fingerprint density at radius 3 is 3.00 bits per heavy atom. The lowest BCUT2D eigenvalue weighted by atomic mass is 9.86. The minimum atomic E-state index is 0.0995. The van der Waals surface area contributed by atoms with Gasteiger partial charge in [-0.15, -0.1) is 0 Å². The molecular formula is C9H16N2O. The average Bonchev–Trinajstić information content (AvgIpc) is 2.47. The van der Waals surface area contributed by atoms with Gasteiger partial charge in [0.15, 0.2) is 0 Å². The van der Waals surface area contributed by atoms with E-state index in [4.69, 9.17) is 0 Å². The number of carbonyl (C=O) groups excluding carboxylic acids is 1. The minimum absolute atomic E-state index is 0.0995. The van der Waals surface area contributed by atoms with E-state index in [0.717, 1.165) is 19.5 Å². The Morgan fingerprint density at radius 2 is 2.17 bits per heavy atom. The van der Waals surface area contributed by atoms with Crippen LogP contribution in [0, 0.1) is 11.8 Å². The third-order valence-corrected chi connectivity index (χ3v) is 3.18. The Balaban J connectivity index is 2.15. The molecule has 0 aromatic rings. The molecule has 0 aromatic heterocycles. The van der Waals surface area contributed by atoms with Crippen LogP contribution in [0.5, 0.6) is 0 Å². The predicted molar refractivity (Wildman–Crippen MR) is 46.7 cm³/mol. The number of amides is 1. The molecule has 2 rings (SSSR count). The highest BCUT2D eigenvalue weighted by molar-refractivity contribution is 5.82. The summed E-state index contributed by atoms with van der Waals surface area (Å²) in [6.45, 7) is 4.12. The first kappa shape index (κ1) is 8.05. The first-order valence-electron chi connectivity index (χ1n) is 4.80. The van der Waals surface area contributed by atoms with Gasteiger partial charge in [-0.25, -0.2) is 0 Å². The molecule has 0 bridgehead atoms. The summed E-state index contributed by atoms with van der Waals surface area (Å²) < 4.78 is 0. The lowest BCUT2D eigenvalue weighted by molar-refractivity contribution is -0.123. The number of fused-ring (bicyclic) bond motifs is 1. The van der Waals surface area contributed by atoms with Crippen molar-refractivity contribution < 1.29 is 4.79 Å². The molecule has 68 valence electrons. The van der Waals surface area contributed by atoms with E-state index >= 15 is 0 Å². The molecule has 0 radical (unpaired) electrons. The van der Waals surface area contributed by atoms with E-state index in [9.17, 15) is 4.79 Å². The molecule has 3 unspecified atom stereocenters. The van der Waals surface area contributed by atoms with E-state index in [1.807, 2.05) is 0 Å². The molecule has 2 saturated heterocycles. The Morgan fingerprint density at radius 1 is 1.33 bits per heavy atom. The molecule has 2 aliphatic rings. The number of hydrogen-bond donors (Lipinski definition) is 2. The van der Waals surface area contributed by atoms with Gasteiger partial charge < -0.3 is 10.6 Å². The zero-order chi connectivity index (χ0) is 8.55. The van der Waals surface area contributed by atoms with Crippen molar-refractivity contribution >= 4 is 5.91 Å². The smallest absolute Gasteiger partial charge is 0.237 e. The molecule has 3 nitrogen and oxygen atoms in total. The van der Waals surface area contributed by atoms with Crippen LogP contribution in [0.2, 0.25) is 0 Å². The van der Waals surface area contributed by atoms with Crippen molar-refractivity contribution in [2.24, 2.45) is 11.8 Å². The van der Waals surface area contributed by atoms with E-state index in [1.165, 1.54) is 6.42 Å². The summed E-state index contributed by atoms with van der Waals surface area (Å²) in [7, 11) is 0. The highest BCUT2D eigenvalue weighted by atomic mass is 16.2. The van der Waals surface area contributed by atoms with Crippen LogP contribution in [-0.2, 0) is 4.79 Å². The minimum Gasteiger partial charge on any atom is -0.355 e. The lowest BCUT2D eigenvalue weighted by Gasteiger charge is -2.19. The van der Waals surface area contributed by atoms with E-state index in [1.54, 1.807) is 0 Å². The molecule has 2 aliphatic heterocycles. The third kappa shape index (κ3) is 1.22. The van der Waals surface area contributed by atoms with Crippen molar-refractivity contribution in [2.75, 3.05) is 13.1 Å². The van der Waals surface area contributed by atoms with Gasteiger partial charge in [0, 0.05) is 6.54 Å². The normalized spacial score (nSPS) is 41.8. The summed E-state index contributed by atoms with van der Waals surface area (Å²) >= 11 is 0. The fraction of sp³-hybridized carbons (Fsp3) is 0.889. The fourth-order valence-corrected chi connectivity index (χ4v) is 2.37. The Hall–Kier alpha value is -0.570. The second-order valence-corrected chi connectivity index (χ2v) is 3.94. The molecule has 0 aliphatic carbocycles. The summed E-state index contributed by atoms with van der Waals surface area (Å²) in [5.41, 5.74) is 0. The van der Waals surface area contributed by atoms with Crippen molar-refractivity contribution in [3.8, 4) is 0 Å². The predicted octanol–water partition coefficient (Wildman–Crippen LogP) is 0.120. The summed E-state index contributed by atoms with van der Waals surface area (Å²) in [6, 6.07) is 0.0995. The van der Waals surface area contributed by atoms with Gasteiger partial charge in [0.05, 0.1) is 6.04 Å². The van der Waals surface area contributed by atoms with Crippen molar-refractivity contribution in [3.05, 3.63) is 0 Å². The van der Waals surface area contributed by atoms with Crippen LogP contribution in [0.3, 0.4) is 0 Å². The Kier molecular flexibility index (Phi) is 2.05. The van der Waals surface area contributed by atoms with Crippen LogP contribution >= 0.6 is 0 Å². The molecule has 3 atom stereocenters. The number of hydrogen-bond acceptors (Lipinski definition) is 2. The van der Waals surface area contributed by atoms with Crippen LogP contribution < -0.4 is 10.6 Å². The standard InChI is InChI=1S/C9H16N2O/c1-6-2-4-11-9(12)8-7(6)3-5-10-8/h6-8,10H,2-5H2,1H3,(H,11,12). The van der Waals surface area contributed by atoms with E-state index in [2.05, 4.69) is 17.6 Å². The monoisotopic (exact) mass is 168 g/mol. The molecule has 0 spiro atoms. The van der Waals surface area contributed by atoms with Crippen LogP contribution in [0.1, 0.15) is 19.8 Å². The molecule has 2 N–H and O–H groups in total. The quantitative estimate of drug-likeness (QED) is 0.539. The highest BCUT2D eigenvalue weighted by Crippen LogP contribution is 2.28. The van der Waals surface area contributed by atoms with Gasteiger partial charge in [0.2, 0.25) is 5.91 Å². The van der Waals surface area contributed by atoms with Gasteiger partial charge in [-0.3, -0.25) is 4.79 Å². The molecule has 2 heterocycles. The maximum Gasteiger partial charge on any atom is 0.237 e. The molecule has 3 heteroatoms. The Bertz CT molecular complexity index is 193. The first-order chi connectivity index (χ1) is 5.79. The van der Waals surface area contributed by atoms with Crippen molar-refractivity contribution in [2.45, 2.75) is 25.8 Å². The van der Waals surface area contributed by atoms with Gasteiger partial charge in [-0.05, 0) is 31.2 Å². The van der Waals surface area contributed by atoms with E-state index in [-0.39, 0.29) is 11.9 Å². The largest absolute Gasteiger partial charge is 0.355 e. The Labute approximate surface area is 72.9 Å². The molecule has 0 saturated carbocycles. The lowest BCUT2D eigenvalue weighted by Crippen LogP contribution is -2.42. The SMILES string of the molecule is CC1CCNC(=O)C2NCCC12. The first-order valence-corrected chi connectivity index (χ1v) is 4.80. The number of rotatable bonds is 0. The van der Waals surface area contributed by atoms with Gasteiger partial charge in [-0.2, -0.15) is 0 Å². The number of nitrogens with one attached hydrogen (secondary N) is 2. The van der Waals surface area contributed by atoms with Crippen molar-refractivity contribution in [1.82, 2.24) is 10.6 Å². The zero-order valence-electron chi connectivity index (χ0n) is 7.47. The van der Waals surface area contributed by atoms with Gasteiger partial charge in [-0.1, -0.05) is 6.92 Å². The average molecular weight is 168 g/mol. The van der Waals surface area contributed by atoms with Crippen LogP contribution in [0.15, 0.2) is 0 Å². The van der Waals surface area contributed by atoms with Crippen LogP contribution in [-0.4, -0.2) is 25.0 Å². The maximum atomic E-state index is 11.5. The summed E-state index contributed by atoms with van der Waals surface area (Å²) in [5.74, 6) is 1.47. The zero-order valence-corrected chi connectivity index (χ0v) is 7.47. The second kappa shape index (κ2) is 3.05. The van der Waals surface area contributed by atoms with Gasteiger partial charge in [0.25, 0.3) is 0 Å². The second-order valence-electron chi connectivity index (χ2n) is 3.94. The molecule has 0 aromatic carbocycles. The van der Waals surface area contributed by atoms with E-state index < -0.39 is 0 Å². The summed E-state index contributed by atoms with van der Waals surface area (Å²) in [4.78, 5) is 11.5. The van der Waals surface area contributed by atoms with Crippen molar-refractivity contribution in [1.29, 1.82) is 0 Å². The molecular weight excluding hydrogens is 152 g/mol. The van der Waals surface area contributed by atoms with Crippen LogP contribution in [0.25, 0.3) is 0 Å². The van der Waals surface area contributed by atoms with Gasteiger partial charge >= 0.3 is 0 Å².